The highest BCUT2D eigenvalue weighted by Crippen LogP contribution is 2.35. The summed E-state index contributed by atoms with van der Waals surface area (Å²) in [6.45, 7) is 6.55. The van der Waals surface area contributed by atoms with Crippen molar-refractivity contribution < 1.29 is 0 Å². The zero-order valence-electron chi connectivity index (χ0n) is 33.2. The van der Waals surface area contributed by atoms with Gasteiger partial charge in [0.15, 0.2) is 17.5 Å². The fourth-order valence-electron chi connectivity index (χ4n) is 8.23. The van der Waals surface area contributed by atoms with Gasteiger partial charge in [-0.25, -0.2) is 15.0 Å². The molecule has 7 nitrogen and oxygen atoms in total. The number of fused-ring (bicyclic) bond motifs is 7. The molecule has 0 amide bonds. The third kappa shape index (κ3) is 6.55. The zero-order valence-corrected chi connectivity index (χ0v) is 33.2. The van der Waals surface area contributed by atoms with Gasteiger partial charge in [0.05, 0.1) is 22.1 Å². The summed E-state index contributed by atoms with van der Waals surface area (Å²) in [5.41, 5.74) is 12.6. The van der Waals surface area contributed by atoms with Gasteiger partial charge in [0.2, 0.25) is 0 Å². The van der Waals surface area contributed by atoms with E-state index in [0.29, 0.717) is 17.5 Å². The molecule has 0 aliphatic heterocycles. The van der Waals surface area contributed by atoms with Crippen LogP contribution in [0.3, 0.4) is 0 Å². The Morgan fingerprint density at radius 3 is 1.74 bits per heavy atom. The standard InChI is InChI=1S/C54H35N7/c1-33(44-24-28-57-50-46(44)22-20-37-10-6-26-55-48(37)50)12-13-35-14-18-41(30-34(35)2)53-59-52(39-8-4-3-5-9-39)60-54(61-53)42-19-16-36-15-17-40(31-43(36)32-42)45-25-29-58-51-47(45)23-21-38-11-7-27-56-49(38)51/h3-32H,1H2,2H3/b13-12-. The Balaban J connectivity index is 0.945. The molecule has 0 unspecified atom stereocenters. The fourth-order valence-corrected chi connectivity index (χ4v) is 8.23. The highest BCUT2D eigenvalue weighted by molar-refractivity contribution is 6.09. The van der Waals surface area contributed by atoms with Crippen LogP contribution >= 0.6 is 0 Å². The van der Waals surface area contributed by atoms with Crippen molar-refractivity contribution in [3.63, 3.8) is 0 Å². The van der Waals surface area contributed by atoms with E-state index in [2.05, 4.69) is 138 Å². The number of hydrogen-bond acceptors (Lipinski definition) is 7. The summed E-state index contributed by atoms with van der Waals surface area (Å²) < 4.78 is 0. The van der Waals surface area contributed by atoms with E-state index < -0.39 is 0 Å². The molecule has 286 valence electrons. The monoisotopic (exact) mass is 781 g/mol. The van der Waals surface area contributed by atoms with Gasteiger partial charge in [-0.15, -0.1) is 0 Å². The van der Waals surface area contributed by atoms with Crippen molar-refractivity contribution >= 4 is 66.0 Å². The van der Waals surface area contributed by atoms with Crippen molar-refractivity contribution in [2.75, 3.05) is 0 Å². The maximum Gasteiger partial charge on any atom is 0.164 e. The van der Waals surface area contributed by atoms with Gasteiger partial charge in [0.25, 0.3) is 0 Å². The quantitative estimate of drug-likeness (QED) is 0.117. The van der Waals surface area contributed by atoms with E-state index in [9.17, 15) is 0 Å². The molecule has 6 aromatic carbocycles. The number of benzene rings is 6. The molecule has 11 rings (SSSR count). The van der Waals surface area contributed by atoms with Crippen molar-refractivity contribution in [2.45, 2.75) is 6.92 Å². The Hall–Kier alpha value is -8.29. The zero-order chi connectivity index (χ0) is 40.9. The lowest BCUT2D eigenvalue weighted by Gasteiger charge is -2.12. The highest BCUT2D eigenvalue weighted by Gasteiger charge is 2.15. The van der Waals surface area contributed by atoms with E-state index in [-0.39, 0.29) is 0 Å². The van der Waals surface area contributed by atoms with Crippen LogP contribution in [0.4, 0.5) is 0 Å². The first kappa shape index (κ1) is 35.8. The summed E-state index contributed by atoms with van der Waals surface area (Å²) in [6, 6.07) is 49.9. The van der Waals surface area contributed by atoms with E-state index in [1.165, 1.54) is 0 Å². The largest absolute Gasteiger partial charge is 0.254 e. The van der Waals surface area contributed by atoms with Crippen LogP contribution in [-0.4, -0.2) is 34.9 Å². The van der Waals surface area contributed by atoms with Crippen molar-refractivity contribution in [1.29, 1.82) is 0 Å². The van der Waals surface area contributed by atoms with Crippen LogP contribution in [0, 0.1) is 6.92 Å². The third-order valence-electron chi connectivity index (χ3n) is 11.4. The average molecular weight is 782 g/mol. The van der Waals surface area contributed by atoms with Crippen LogP contribution in [0.25, 0.3) is 111 Å². The molecule has 11 aromatic rings. The smallest absolute Gasteiger partial charge is 0.164 e. The second-order valence-electron chi connectivity index (χ2n) is 15.2. The summed E-state index contributed by atoms with van der Waals surface area (Å²) in [4.78, 5) is 33.9. The van der Waals surface area contributed by atoms with Crippen LogP contribution in [0.1, 0.15) is 16.7 Å². The second-order valence-corrected chi connectivity index (χ2v) is 15.2. The average Bonchev–Trinajstić information content (AvgIpc) is 3.32. The van der Waals surface area contributed by atoms with Crippen LogP contribution in [-0.2, 0) is 0 Å². The Labute approximate surface area is 351 Å². The molecule has 5 heterocycles. The minimum Gasteiger partial charge on any atom is -0.254 e. The van der Waals surface area contributed by atoms with Crippen molar-refractivity contribution in [3.05, 3.63) is 200 Å². The summed E-state index contributed by atoms with van der Waals surface area (Å²) in [5, 5.41) is 6.43. The van der Waals surface area contributed by atoms with Gasteiger partial charge >= 0.3 is 0 Å². The normalized spacial score (nSPS) is 11.7. The Bertz CT molecular complexity index is 3580. The third-order valence-corrected chi connectivity index (χ3v) is 11.4. The predicted molar refractivity (Wildman–Crippen MR) is 250 cm³/mol. The molecule has 0 N–H and O–H groups in total. The molecule has 7 heteroatoms. The van der Waals surface area contributed by atoms with Gasteiger partial charge < -0.3 is 0 Å². The lowest BCUT2D eigenvalue weighted by atomic mass is 9.96. The van der Waals surface area contributed by atoms with Gasteiger partial charge in [-0.2, -0.15) is 0 Å². The molecule has 0 radical (unpaired) electrons. The Morgan fingerprint density at radius 2 is 1.02 bits per heavy atom. The first-order chi connectivity index (χ1) is 30.0. The topological polar surface area (TPSA) is 90.2 Å². The maximum absolute atomic E-state index is 5.11. The van der Waals surface area contributed by atoms with Crippen LogP contribution in [0.5, 0.6) is 0 Å². The summed E-state index contributed by atoms with van der Waals surface area (Å²) in [7, 11) is 0. The maximum atomic E-state index is 5.11. The van der Waals surface area contributed by atoms with E-state index in [0.717, 1.165) is 104 Å². The van der Waals surface area contributed by atoms with E-state index in [1.54, 1.807) is 0 Å². The molecule has 0 atom stereocenters. The molecule has 5 aromatic heterocycles. The highest BCUT2D eigenvalue weighted by atomic mass is 15.0. The summed E-state index contributed by atoms with van der Waals surface area (Å²) in [5.74, 6) is 1.83. The first-order valence-corrected chi connectivity index (χ1v) is 20.1. The van der Waals surface area contributed by atoms with Gasteiger partial charge in [-0.3, -0.25) is 19.9 Å². The first-order valence-electron chi connectivity index (χ1n) is 20.1. The molecule has 0 aliphatic carbocycles. The van der Waals surface area contributed by atoms with Gasteiger partial charge in [0, 0.05) is 63.0 Å². The molecule has 0 bridgehead atoms. The number of rotatable bonds is 7. The van der Waals surface area contributed by atoms with Crippen LogP contribution in [0.2, 0.25) is 0 Å². The van der Waals surface area contributed by atoms with E-state index in [1.807, 2.05) is 73.3 Å². The van der Waals surface area contributed by atoms with E-state index >= 15 is 0 Å². The predicted octanol–water partition coefficient (Wildman–Crippen LogP) is 12.9. The molecule has 0 spiro atoms. The lowest BCUT2D eigenvalue weighted by Crippen LogP contribution is -2.00. The molecule has 61 heavy (non-hydrogen) atoms. The number of nitrogens with zero attached hydrogens (tertiary/aromatic N) is 7. The fraction of sp³-hybridized carbons (Fsp3) is 0.0185. The van der Waals surface area contributed by atoms with Crippen molar-refractivity contribution in [2.24, 2.45) is 0 Å². The summed E-state index contributed by atoms with van der Waals surface area (Å²) in [6.07, 6.45) is 11.5. The number of allylic oxidation sites excluding steroid dienone is 2. The molecule has 0 saturated carbocycles. The van der Waals surface area contributed by atoms with Gasteiger partial charge in [0.1, 0.15) is 0 Å². The van der Waals surface area contributed by atoms with Crippen molar-refractivity contribution in [3.8, 4) is 45.3 Å². The molecule has 0 aliphatic rings. The molecular formula is C54H35N7. The SMILES string of the molecule is C=C(/C=C\c1ccc(-c2nc(-c3ccccc3)nc(-c3ccc4ccc(-c5ccnc6c5ccc5cccnc56)cc4c3)n2)cc1C)c1ccnc2c1ccc1cccnc12. The number of pyridine rings is 4. The number of aromatic nitrogens is 7. The lowest BCUT2D eigenvalue weighted by molar-refractivity contribution is 1.07. The second kappa shape index (κ2) is 14.8. The van der Waals surface area contributed by atoms with Crippen molar-refractivity contribution in [1.82, 2.24) is 34.9 Å². The molecular weight excluding hydrogens is 747 g/mol. The molecule has 0 saturated heterocycles. The molecule has 0 fully saturated rings. The minimum absolute atomic E-state index is 0.605. The minimum atomic E-state index is 0.605. The number of aryl methyl sites for hydroxylation is 1. The Morgan fingerprint density at radius 1 is 0.443 bits per heavy atom. The van der Waals surface area contributed by atoms with Crippen LogP contribution < -0.4 is 0 Å². The van der Waals surface area contributed by atoms with Gasteiger partial charge in [-0.05, 0) is 93.6 Å². The Kier molecular flexibility index (Phi) is 8.71. The van der Waals surface area contributed by atoms with E-state index in [4.69, 9.17) is 19.9 Å². The summed E-state index contributed by atoms with van der Waals surface area (Å²) >= 11 is 0. The van der Waals surface area contributed by atoms with Crippen LogP contribution in [0.15, 0.2) is 183 Å². The van der Waals surface area contributed by atoms with Gasteiger partial charge in [-0.1, -0.05) is 122 Å². The number of hydrogen-bond donors (Lipinski definition) is 0.